The van der Waals surface area contributed by atoms with E-state index in [1.54, 1.807) is 0 Å². The summed E-state index contributed by atoms with van der Waals surface area (Å²) in [5.41, 5.74) is 3.20. The topological polar surface area (TPSA) is 44.4 Å². The van der Waals surface area contributed by atoms with Crippen LogP contribution in [0, 0.1) is 5.92 Å². The van der Waals surface area contributed by atoms with Gasteiger partial charge in [-0.05, 0) is 37.4 Å². The first-order chi connectivity index (χ1) is 9.19. The standard InChI is InChI=1S/C15H21N3O/c1-3-16-14-12-7-6-11(8-13(12)17-15(14)19)18(2)9-10-4-5-10/h6-8,10,14,16H,3-5,9H2,1-2H3,(H,17,19). The zero-order valence-electron chi connectivity index (χ0n) is 11.6. The van der Waals surface area contributed by atoms with Crippen molar-refractivity contribution in [3.8, 4) is 0 Å². The summed E-state index contributed by atoms with van der Waals surface area (Å²) in [5.74, 6) is 0.918. The van der Waals surface area contributed by atoms with Crippen LogP contribution in [-0.4, -0.2) is 26.0 Å². The minimum Gasteiger partial charge on any atom is -0.374 e. The molecule has 1 unspecified atom stereocenters. The van der Waals surface area contributed by atoms with Crippen molar-refractivity contribution in [2.75, 3.05) is 30.4 Å². The molecule has 1 aromatic rings. The van der Waals surface area contributed by atoms with Crippen LogP contribution in [0.1, 0.15) is 31.4 Å². The quantitative estimate of drug-likeness (QED) is 0.851. The molecule has 0 aromatic heterocycles. The molecule has 1 aliphatic heterocycles. The van der Waals surface area contributed by atoms with Gasteiger partial charge in [-0.15, -0.1) is 0 Å². The van der Waals surface area contributed by atoms with Gasteiger partial charge in [-0.2, -0.15) is 0 Å². The van der Waals surface area contributed by atoms with Crippen LogP contribution in [0.4, 0.5) is 11.4 Å². The molecule has 0 spiro atoms. The second-order valence-electron chi connectivity index (χ2n) is 5.58. The van der Waals surface area contributed by atoms with Gasteiger partial charge in [0.1, 0.15) is 6.04 Å². The van der Waals surface area contributed by atoms with E-state index < -0.39 is 0 Å². The number of likely N-dealkylation sites (N-methyl/N-ethyl adjacent to an activating group) is 1. The Kier molecular flexibility index (Phi) is 3.19. The van der Waals surface area contributed by atoms with Crippen LogP contribution in [0.25, 0.3) is 0 Å². The maximum Gasteiger partial charge on any atom is 0.246 e. The monoisotopic (exact) mass is 259 g/mol. The summed E-state index contributed by atoms with van der Waals surface area (Å²) in [6, 6.07) is 6.08. The van der Waals surface area contributed by atoms with Crippen molar-refractivity contribution in [1.29, 1.82) is 0 Å². The molecule has 2 N–H and O–H groups in total. The molecule has 1 fully saturated rings. The number of amides is 1. The van der Waals surface area contributed by atoms with Crippen LogP contribution >= 0.6 is 0 Å². The van der Waals surface area contributed by atoms with E-state index in [1.165, 1.54) is 18.5 Å². The molecule has 3 rings (SSSR count). The minimum absolute atomic E-state index is 0.0545. The van der Waals surface area contributed by atoms with Gasteiger partial charge in [0.05, 0.1) is 0 Å². The Balaban J connectivity index is 1.80. The number of carbonyl (C=O) groups is 1. The van der Waals surface area contributed by atoms with Crippen molar-refractivity contribution in [1.82, 2.24) is 5.32 Å². The smallest absolute Gasteiger partial charge is 0.246 e. The molecule has 4 nitrogen and oxygen atoms in total. The van der Waals surface area contributed by atoms with Crippen molar-refractivity contribution in [3.05, 3.63) is 23.8 Å². The van der Waals surface area contributed by atoms with E-state index in [2.05, 4.69) is 40.8 Å². The highest BCUT2D eigenvalue weighted by Crippen LogP contribution is 2.35. The molecule has 1 aliphatic carbocycles. The van der Waals surface area contributed by atoms with Crippen molar-refractivity contribution in [3.63, 3.8) is 0 Å². The van der Waals surface area contributed by atoms with Gasteiger partial charge >= 0.3 is 0 Å². The van der Waals surface area contributed by atoms with Crippen molar-refractivity contribution < 1.29 is 4.79 Å². The predicted octanol–water partition coefficient (Wildman–Crippen LogP) is 2.14. The SMILES string of the molecule is CCNC1C(=O)Nc2cc(N(C)CC3CC3)ccc21. The van der Waals surface area contributed by atoms with Gasteiger partial charge in [-0.25, -0.2) is 0 Å². The molecule has 1 atom stereocenters. The molecule has 1 aromatic carbocycles. The van der Waals surface area contributed by atoms with E-state index in [1.807, 2.05) is 6.92 Å². The van der Waals surface area contributed by atoms with Gasteiger partial charge in [-0.3, -0.25) is 4.79 Å². The number of nitrogens with zero attached hydrogens (tertiary/aromatic N) is 1. The Labute approximate surface area is 114 Å². The van der Waals surface area contributed by atoms with Crippen LogP contribution in [0.5, 0.6) is 0 Å². The van der Waals surface area contributed by atoms with E-state index in [4.69, 9.17) is 0 Å². The molecule has 4 heteroatoms. The maximum atomic E-state index is 11.9. The van der Waals surface area contributed by atoms with Crippen LogP contribution in [0.3, 0.4) is 0 Å². The van der Waals surface area contributed by atoms with E-state index >= 15 is 0 Å². The van der Waals surface area contributed by atoms with Gasteiger partial charge in [0, 0.05) is 30.5 Å². The third kappa shape index (κ3) is 2.45. The molecule has 19 heavy (non-hydrogen) atoms. The second-order valence-corrected chi connectivity index (χ2v) is 5.58. The van der Waals surface area contributed by atoms with Crippen LogP contribution in [0.15, 0.2) is 18.2 Å². The molecule has 0 radical (unpaired) electrons. The fraction of sp³-hybridized carbons (Fsp3) is 0.533. The third-order valence-electron chi connectivity index (χ3n) is 3.95. The normalized spacial score (nSPS) is 21.2. The molecule has 1 amide bonds. The molecule has 2 aliphatic rings. The predicted molar refractivity (Wildman–Crippen MR) is 77.5 cm³/mol. The highest BCUT2D eigenvalue weighted by molar-refractivity contribution is 6.03. The maximum absolute atomic E-state index is 11.9. The summed E-state index contributed by atoms with van der Waals surface area (Å²) in [4.78, 5) is 14.2. The number of anilines is 2. The lowest BCUT2D eigenvalue weighted by atomic mass is 10.1. The number of hydrogen-bond donors (Lipinski definition) is 2. The number of hydrogen-bond acceptors (Lipinski definition) is 3. The van der Waals surface area contributed by atoms with E-state index in [0.29, 0.717) is 0 Å². The Morgan fingerprint density at radius 1 is 1.42 bits per heavy atom. The van der Waals surface area contributed by atoms with Gasteiger partial charge in [0.25, 0.3) is 0 Å². The van der Waals surface area contributed by atoms with Gasteiger partial charge in [0.15, 0.2) is 0 Å². The molecule has 0 bridgehead atoms. The summed E-state index contributed by atoms with van der Waals surface area (Å²) in [6.07, 6.45) is 2.71. The average molecular weight is 259 g/mol. The summed E-state index contributed by atoms with van der Waals surface area (Å²) < 4.78 is 0. The van der Waals surface area contributed by atoms with E-state index in [9.17, 15) is 4.79 Å². The zero-order valence-corrected chi connectivity index (χ0v) is 11.6. The Morgan fingerprint density at radius 3 is 2.89 bits per heavy atom. The Hall–Kier alpha value is -1.55. The van der Waals surface area contributed by atoms with Crippen molar-refractivity contribution in [2.24, 2.45) is 5.92 Å². The van der Waals surface area contributed by atoms with Gasteiger partial charge in [-0.1, -0.05) is 13.0 Å². The Morgan fingerprint density at radius 2 is 2.21 bits per heavy atom. The number of rotatable bonds is 5. The number of benzene rings is 1. The summed E-state index contributed by atoms with van der Waals surface area (Å²) in [5, 5.41) is 6.18. The molecule has 1 heterocycles. The van der Waals surface area contributed by atoms with E-state index in [-0.39, 0.29) is 11.9 Å². The summed E-state index contributed by atoms with van der Waals surface area (Å²) >= 11 is 0. The fourth-order valence-corrected chi connectivity index (χ4v) is 2.69. The van der Waals surface area contributed by atoms with Crippen LogP contribution < -0.4 is 15.5 Å². The van der Waals surface area contributed by atoms with Gasteiger partial charge in [0.2, 0.25) is 5.91 Å². The van der Waals surface area contributed by atoms with E-state index in [0.717, 1.165) is 30.3 Å². The third-order valence-corrected chi connectivity index (χ3v) is 3.95. The molecule has 102 valence electrons. The molecule has 1 saturated carbocycles. The highest BCUT2D eigenvalue weighted by atomic mass is 16.2. The first kappa shape index (κ1) is 12.5. The van der Waals surface area contributed by atoms with Gasteiger partial charge < -0.3 is 15.5 Å². The van der Waals surface area contributed by atoms with Crippen LogP contribution in [-0.2, 0) is 4.79 Å². The second kappa shape index (κ2) is 4.85. The summed E-state index contributed by atoms with van der Waals surface area (Å²) in [6.45, 7) is 3.92. The lowest BCUT2D eigenvalue weighted by Gasteiger charge is -2.20. The summed E-state index contributed by atoms with van der Waals surface area (Å²) in [7, 11) is 2.12. The highest BCUT2D eigenvalue weighted by Gasteiger charge is 2.30. The van der Waals surface area contributed by atoms with Crippen LogP contribution in [0.2, 0.25) is 0 Å². The lowest BCUT2D eigenvalue weighted by Crippen LogP contribution is -2.27. The molecular formula is C15H21N3O. The minimum atomic E-state index is -0.192. The molecular weight excluding hydrogens is 238 g/mol. The largest absolute Gasteiger partial charge is 0.374 e. The lowest BCUT2D eigenvalue weighted by molar-refractivity contribution is -0.117. The zero-order chi connectivity index (χ0) is 13.4. The number of fused-ring (bicyclic) bond motifs is 1. The average Bonchev–Trinajstić information content (AvgIpc) is 3.14. The number of carbonyl (C=O) groups excluding carboxylic acids is 1. The molecule has 0 saturated heterocycles. The first-order valence-electron chi connectivity index (χ1n) is 7.08. The fourth-order valence-electron chi connectivity index (χ4n) is 2.69. The first-order valence-corrected chi connectivity index (χ1v) is 7.08. The Bertz CT molecular complexity index is 496. The van der Waals surface area contributed by atoms with Crippen molar-refractivity contribution >= 4 is 17.3 Å². The van der Waals surface area contributed by atoms with Crippen molar-refractivity contribution in [2.45, 2.75) is 25.8 Å². The number of nitrogens with one attached hydrogen (secondary N) is 2.